The van der Waals surface area contributed by atoms with Gasteiger partial charge in [-0.2, -0.15) is 0 Å². The fraction of sp³-hybridized carbons (Fsp3) is 0.862. The summed E-state index contributed by atoms with van der Waals surface area (Å²) in [5, 5.41) is 0. The standard InChI is InChI=1S/C29H54/c1-5-9-11-16-20-24-28(7-3)26-22-18-14-13-15-19-23-27-29(8-4)25-21-17-12-10-6-2/h28-29H,1-2,5-12,14,16-27H2,3-4H3. The molecule has 0 aliphatic heterocycles. The minimum Gasteiger partial charge on any atom is -0.103 e. The molecule has 0 N–H and O–H groups in total. The van der Waals surface area contributed by atoms with Gasteiger partial charge in [-0.3, -0.25) is 0 Å². The molecule has 0 saturated carbocycles. The average molecular weight is 403 g/mol. The van der Waals surface area contributed by atoms with E-state index in [9.17, 15) is 0 Å². The van der Waals surface area contributed by atoms with Crippen LogP contribution in [0.5, 0.6) is 0 Å². The molecule has 0 aliphatic rings. The highest BCUT2D eigenvalue weighted by Gasteiger charge is 2.06. The molecule has 0 rings (SSSR count). The van der Waals surface area contributed by atoms with Gasteiger partial charge in [0, 0.05) is 12.8 Å². The van der Waals surface area contributed by atoms with E-state index in [1.807, 2.05) is 0 Å². The first kappa shape index (κ1) is 28.6. The van der Waals surface area contributed by atoms with Crippen molar-refractivity contribution in [2.24, 2.45) is 11.8 Å². The fourth-order valence-electron chi connectivity index (χ4n) is 4.33. The summed E-state index contributed by atoms with van der Waals surface area (Å²) in [5.74, 6) is 8.77. The summed E-state index contributed by atoms with van der Waals surface area (Å²) in [7, 11) is 0. The van der Waals surface area contributed by atoms with E-state index < -0.39 is 0 Å². The number of rotatable bonds is 21. The second-order valence-electron chi connectivity index (χ2n) is 9.15. The van der Waals surface area contributed by atoms with Crippen LogP contribution in [0.2, 0.25) is 0 Å². The quantitative estimate of drug-likeness (QED) is 0.132. The van der Waals surface area contributed by atoms with E-state index >= 15 is 0 Å². The summed E-state index contributed by atoms with van der Waals surface area (Å²) in [4.78, 5) is 0. The third kappa shape index (κ3) is 20.6. The van der Waals surface area contributed by atoms with Crippen molar-refractivity contribution in [3.63, 3.8) is 0 Å². The second kappa shape index (κ2) is 23.8. The van der Waals surface area contributed by atoms with Crippen LogP contribution in [0.25, 0.3) is 0 Å². The van der Waals surface area contributed by atoms with Gasteiger partial charge in [0.2, 0.25) is 0 Å². The topological polar surface area (TPSA) is 0 Å². The van der Waals surface area contributed by atoms with Crippen molar-refractivity contribution in [1.82, 2.24) is 0 Å². The third-order valence-electron chi connectivity index (χ3n) is 6.58. The second-order valence-corrected chi connectivity index (χ2v) is 9.15. The van der Waals surface area contributed by atoms with Crippen molar-refractivity contribution in [3.05, 3.63) is 13.8 Å². The molecule has 2 unspecified atom stereocenters. The van der Waals surface area contributed by atoms with E-state index in [1.54, 1.807) is 0 Å². The molecule has 0 nitrogen and oxygen atoms in total. The maximum atomic E-state index is 3.93. The molecule has 0 aromatic heterocycles. The summed E-state index contributed by atoms with van der Waals surface area (Å²) < 4.78 is 0. The highest BCUT2D eigenvalue weighted by molar-refractivity contribution is 4.98. The Morgan fingerprint density at radius 2 is 0.862 bits per heavy atom. The normalized spacial score (nSPS) is 13.1. The van der Waals surface area contributed by atoms with E-state index in [0.29, 0.717) is 0 Å². The van der Waals surface area contributed by atoms with E-state index in [1.165, 1.54) is 109 Å². The fourth-order valence-corrected chi connectivity index (χ4v) is 4.33. The zero-order chi connectivity index (χ0) is 21.4. The van der Waals surface area contributed by atoms with Crippen LogP contribution in [0.1, 0.15) is 149 Å². The molecule has 0 aromatic rings. The van der Waals surface area contributed by atoms with Crippen LogP contribution in [0.3, 0.4) is 0 Å². The highest BCUT2D eigenvalue weighted by atomic mass is 14.1. The molecular weight excluding hydrogens is 348 g/mol. The van der Waals surface area contributed by atoms with E-state index in [4.69, 9.17) is 0 Å². The Morgan fingerprint density at radius 1 is 0.483 bits per heavy atom. The summed E-state index contributed by atoms with van der Waals surface area (Å²) in [6.07, 6.45) is 27.8. The minimum atomic E-state index is 0.932. The first-order valence-corrected chi connectivity index (χ1v) is 13.3. The van der Waals surface area contributed by atoms with Gasteiger partial charge in [-0.25, -0.2) is 0 Å². The minimum absolute atomic E-state index is 0.932. The largest absolute Gasteiger partial charge is 0.103 e. The van der Waals surface area contributed by atoms with E-state index in [0.717, 1.165) is 37.5 Å². The average Bonchev–Trinajstić information content (AvgIpc) is 2.74. The van der Waals surface area contributed by atoms with Gasteiger partial charge in [-0.05, 0) is 31.1 Å². The van der Waals surface area contributed by atoms with Crippen LogP contribution in [-0.2, 0) is 0 Å². The lowest BCUT2D eigenvalue weighted by Gasteiger charge is -2.14. The lowest BCUT2D eigenvalue weighted by Crippen LogP contribution is -1.99. The molecule has 0 heteroatoms. The maximum Gasteiger partial charge on any atom is 0.00887 e. The molecule has 2 atom stereocenters. The van der Waals surface area contributed by atoms with Crippen molar-refractivity contribution >= 4 is 0 Å². The molecule has 0 aromatic carbocycles. The number of hydrogen-bond acceptors (Lipinski definition) is 0. The van der Waals surface area contributed by atoms with Crippen LogP contribution in [-0.4, -0.2) is 0 Å². The zero-order valence-electron chi connectivity index (χ0n) is 20.4. The molecule has 0 amide bonds. The lowest BCUT2D eigenvalue weighted by atomic mass is 9.92. The Morgan fingerprint density at radius 3 is 1.31 bits per heavy atom. The molecule has 29 heavy (non-hydrogen) atoms. The van der Waals surface area contributed by atoms with Gasteiger partial charge < -0.3 is 0 Å². The molecule has 0 saturated heterocycles. The molecule has 170 valence electrons. The SMILES string of the molecule is [CH2]CCCCCCC(CC)CCCC#CCCCCC(CC)CCCCCC[CH2]. The van der Waals surface area contributed by atoms with Gasteiger partial charge in [-0.1, -0.05) is 130 Å². The summed E-state index contributed by atoms with van der Waals surface area (Å²) in [6, 6.07) is 0. The van der Waals surface area contributed by atoms with E-state index in [-0.39, 0.29) is 0 Å². The first-order chi connectivity index (χ1) is 14.3. The smallest absolute Gasteiger partial charge is 0.00887 e. The first-order valence-electron chi connectivity index (χ1n) is 13.3. The number of unbranched alkanes of at least 4 members (excludes halogenated alkanes) is 11. The Labute approximate surface area is 186 Å². The molecule has 0 bridgehead atoms. The van der Waals surface area contributed by atoms with Gasteiger partial charge in [0.1, 0.15) is 0 Å². The predicted octanol–water partition coefficient (Wildman–Crippen LogP) is 10.1. The van der Waals surface area contributed by atoms with Crippen molar-refractivity contribution in [1.29, 1.82) is 0 Å². The van der Waals surface area contributed by atoms with Crippen molar-refractivity contribution in [3.8, 4) is 11.8 Å². The molecule has 0 aliphatic carbocycles. The van der Waals surface area contributed by atoms with Crippen LogP contribution in [0.15, 0.2) is 0 Å². The monoisotopic (exact) mass is 402 g/mol. The Bertz CT molecular complexity index is 358. The molecule has 0 fully saturated rings. The van der Waals surface area contributed by atoms with Crippen molar-refractivity contribution < 1.29 is 0 Å². The molecule has 2 radical (unpaired) electrons. The van der Waals surface area contributed by atoms with Crippen molar-refractivity contribution in [2.75, 3.05) is 0 Å². The van der Waals surface area contributed by atoms with Crippen molar-refractivity contribution in [2.45, 2.75) is 149 Å². The summed E-state index contributed by atoms with van der Waals surface area (Å²) in [5.41, 5.74) is 0. The number of hydrogen-bond donors (Lipinski definition) is 0. The molecule has 0 spiro atoms. The third-order valence-corrected chi connectivity index (χ3v) is 6.58. The van der Waals surface area contributed by atoms with Gasteiger partial charge in [0.15, 0.2) is 0 Å². The van der Waals surface area contributed by atoms with Gasteiger partial charge in [0.25, 0.3) is 0 Å². The lowest BCUT2D eigenvalue weighted by molar-refractivity contribution is 0.398. The van der Waals surface area contributed by atoms with Crippen LogP contribution >= 0.6 is 0 Å². The van der Waals surface area contributed by atoms with Crippen LogP contribution in [0.4, 0.5) is 0 Å². The Hall–Kier alpha value is -0.440. The van der Waals surface area contributed by atoms with Crippen LogP contribution < -0.4 is 0 Å². The van der Waals surface area contributed by atoms with E-state index in [2.05, 4.69) is 39.5 Å². The Balaban J connectivity index is 3.59. The zero-order valence-corrected chi connectivity index (χ0v) is 20.4. The summed E-state index contributed by atoms with van der Waals surface area (Å²) in [6.45, 7) is 12.6. The van der Waals surface area contributed by atoms with Gasteiger partial charge in [-0.15, -0.1) is 11.8 Å². The molecular formula is C29H54. The highest BCUT2D eigenvalue weighted by Crippen LogP contribution is 2.21. The van der Waals surface area contributed by atoms with Crippen LogP contribution in [0, 0.1) is 37.5 Å². The predicted molar refractivity (Wildman–Crippen MR) is 134 cm³/mol. The van der Waals surface area contributed by atoms with Gasteiger partial charge in [0.05, 0.1) is 0 Å². The maximum absolute atomic E-state index is 3.93. The Kier molecular flexibility index (Phi) is 23.5. The van der Waals surface area contributed by atoms with Gasteiger partial charge >= 0.3 is 0 Å². The molecule has 0 heterocycles. The summed E-state index contributed by atoms with van der Waals surface area (Å²) >= 11 is 0.